The number of ether oxygens (including phenoxy) is 1. The molecule has 17 heavy (non-hydrogen) atoms. The second-order valence-corrected chi connectivity index (χ2v) is 5.36. The van der Waals surface area contributed by atoms with Gasteiger partial charge in [-0.2, -0.15) is 0 Å². The first-order valence-corrected chi connectivity index (χ1v) is 6.75. The molecule has 0 atom stereocenters. The first-order chi connectivity index (χ1) is 7.97. The van der Waals surface area contributed by atoms with Crippen LogP contribution in [0, 0.1) is 0 Å². The molecule has 0 unspecified atom stereocenters. The number of rotatable bonds is 5. The molecule has 0 aromatic heterocycles. The van der Waals surface area contributed by atoms with Crippen LogP contribution >= 0.6 is 0 Å². The zero-order valence-electron chi connectivity index (χ0n) is 9.79. The first kappa shape index (κ1) is 13.5. The molecule has 0 bridgehead atoms. The minimum Gasteiger partial charge on any atom is -0.465 e. The molecule has 1 rings (SSSR count). The van der Waals surface area contributed by atoms with E-state index in [1.165, 1.54) is 7.05 Å². The molecule has 6 heteroatoms. The van der Waals surface area contributed by atoms with E-state index in [0.717, 1.165) is 4.31 Å². The van der Waals surface area contributed by atoms with Crippen molar-refractivity contribution >= 4 is 21.7 Å². The third kappa shape index (κ3) is 3.74. The smallest absolute Gasteiger partial charge is 0.323 e. The number of para-hydroxylation sites is 1. The monoisotopic (exact) mass is 257 g/mol. The van der Waals surface area contributed by atoms with E-state index in [4.69, 9.17) is 0 Å². The van der Waals surface area contributed by atoms with Crippen molar-refractivity contribution in [3.63, 3.8) is 0 Å². The second kappa shape index (κ2) is 5.67. The van der Waals surface area contributed by atoms with Crippen LogP contribution in [0.3, 0.4) is 0 Å². The Morgan fingerprint density at radius 3 is 2.41 bits per heavy atom. The fourth-order valence-electron chi connectivity index (χ4n) is 1.25. The molecule has 0 fully saturated rings. The van der Waals surface area contributed by atoms with Gasteiger partial charge in [0.15, 0.2) is 5.75 Å². The van der Waals surface area contributed by atoms with Gasteiger partial charge in [-0.3, -0.25) is 9.10 Å². The van der Waals surface area contributed by atoms with Gasteiger partial charge in [0, 0.05) is 7.05 Å². The zero-order chi connectivity index (χ0) is 12.9. The summed E-state index contributed by atoms with van der Waals surface area (Å²) in [7, 11) is -2.27. The topological polar surface area (TPSA) is 63.7 Å². The summed E-state index contributed by atoms with van der Waals surface area (Å²) in [6, 6.07) is 8.55. The Kier molecular flexibility index (Phi) is 4.51. The molecule has 0 aliphatic carbocycles. The third-order valence-corrected chi connectivity index (χ3v) is 3.79. The van der Waals surface area contributed by atoms with Crippen LogP contribution in [0.15, 0.2) is 30.3 Å². The van der Waals surface area contributed by atoms with Crippen LogP contribution in [-0.2, 0) is 19.6 Å². The van der Waals surface area contributed by atoms with E-state index in [9.17, 15) is 13.2 Å². The normalized spacial score (nSPS) is 10.9. The van der Waals surface area contributed by atoms with E-state index in [-0.39, 0.29) is 6.61 Å². The molecular formula is C11H15NO4S. The van der Waals surface area contributed by atoms with Gasteiger partial charge in [0.25, 0.3) is 0 Å². The molecule has 0 saturated carbocycles. The van der Waals surface area contributed by atoms with E-state index in [0.29, 0.717) is 5.69 Å². The second-order valence-electron chi connectivity index (χ2n) is 3.36. The van der Waals surface area contributed by atoms with Crippen molar-refractivity contribution in [1.29, 1.82) is 0 Å². The summed E-state index contributed by atoms with van der Waals surface area (Å²) in [5.41, 5.74) is 0.511. The van der Waals surface area contributed by atoms with Crippen LogP contribution in [0.25, 0.3) is 0 Å². The minimum absolute atomic E-state index is 0.170. The largest absolute Gasteiger partial charge is 0.465 e. The Hall–Kier alpha value is -1.56. The van der Waals surface area contributed by atoms with Crippen LogP contribution in [-0.4, -0.2) is 33.8 Å². The van der Waals surface area contributed by atoms with E-state index in [1.54, 1.807) is 37.3 Å². The quantitative estimate of drug-likeness (QED) is 0.739. The number of sulfonamides is 1. The van der Waals surface area contributed by atoms with Crippen LogP contribution in [0.1, 0.15) is 6.92 Å². The van der Waals surface area contributed by atoms with Crippen LogP contribution in [0.4, 0.5) is 5.69 Å². The van der Waals surface area contributed by atoms with Gasteiger partial charge >= 0.3 is 5.97 Å². The molecule has 0 aliphatic heterocycles. The highest BCUT2D eigenvalue weighted by atomic mass is 32.2. The molecular weight excluding hydrogens is 242 g/mol. The maximum atomic E-state index is 11.8. The lowest BCUT2D eigenvalue weighted by molar-refractivity contribution is -0.139. The van der Waals surface area contributed by atoms with Gasteiger partial charge in [0.1, 0.15) is 0 Å². The minimum atomic E-state index is -3.68. The van der Waals surface area contributed by atoms with Gasteiger partial charge in [0.2, 0.25) is 10.0 Å². The number of carbonyl (C=O) groups is 1. The fraction of sp³-hybridized carbons (Fsp3) is 0.364. The van der Waals surface area contributed by atoms with Crippen molar-refractivity contribution < 1.29 is 17.9 Å². The van der Waals surface area contributed by atoms with Crippen LogP contribution in [0.2, 0.25) is 0 Å². The summed E-state index contributed by atoms with van der Waals surface area (Å²) < 4.78 is 29.4. The maximum Gasteiger partial charge on any atom is 0.323 e. The number of benzene rings is 1. The summed E-state index contributed by atoms with van der Waals surface area (Å²) in [4.78, 5) is 11.2. The highest BCUT2D eigenvalue weighted by Crippen LogP contribution is 2.15. The molecule has 0 amide bonds. The number of nitrogens with zero attached hydrogens (tertiary/aromatic N) is 1. The van der Waals surface area contributed by atoms with Gasteiger partial charge in [-0.05, 0) is 19.1 Å². The highest BCUT2D eigenvalue weighted by Gasteiger charge is 2.22. The number of esters is 1. The van der Waals surface area contributed by atoms with Gasteiger partial charge in [0.05, 0.1) is 12.3 Å². The van der Waals surface area contributed by atoms with E-state index < -0.39 is 21.7 Å². The van der Waals surface area contributed by atoms with Gasteiger partial charge in [-0.15, -0.1) is 0 Å². The summed E-state index contributed by atoms with van der Waals surface area (Å²) in [6.45, 7) is 1.80. The van der Waals surface area contributed by atoms with Crippen molar-refractivity contribution in [2.45, 2.75) is 6.92 Å². The fourth-order valence-corrected chi connectivity index (χ4v) is 2.26. The Labute approximate surface area is 101 Å². The lowest BCUT2D eigenvalue weighted by Gasteiger charge is -2.18. The third-order valence-electron chi connectivity index (χ3n) is 2.14. The average Bonchev–Trinajstić information content (AvgIpc) is 2.28. The summed E-state index contributed by atoms with van der Waals surface area (Å²) in [6.07, 6.45) is 0. The SMILES string of the molecule is CCOC(=O)CS(=O)(=O)N(C)c1ccccc1. The number of hydrogen-bond donors (Lipinski definition) is 0. The van der Waals surface area contributed by atoms with E-state index in [2.05, 4.69) is 4.74 Å². The molecule has 1 aromatic rings. The van der Waals surface area contributed by atoms with Gasteiger partial charge in [-0.25, -0.2) is 8.42 Å². The Morgan fingerprint density at radius 2 is 1.88 bits per heavy atom. The predicted octanol–water partition coefficient (Wildman–Crippen LogP) is 1.02. The van der Waals surface area contributed by atoms with Crippen molar-refractivity contribution in [2.75, 3.05) is 23.7 Å². The molecule has 94 valence electrons. The highest BCUT2D eigenvalue weighted by molar-refractivity contribution is 7.93. The molecule has 5 nitrogen and oxygen atoms in total. The maximum absolute atomic E-state index is 11.8. The van der Waals surface area contributed by atoms with Gasteiger partial charge < -0.3 is 4.74 Å². The Morgan fingerprint density at radius 1 is 1.29 bits per heavy atom. The molecule has 1 aromatic carbocycles. The number of hydrogen-bond acceptors (Lipinski definition) is 4. The summed E-state index contributed by atoms with van der Waals surface area (Å²) >= 11 is 0. The molecule has 0 spiro atoms. The van der Waals surface area contributed by atoms with Gasteiger partial charge in [-0.1, -0.05) is 18.2 Å². The number of carbonyl (C=O) groups excluding carboxylic acids is 1. The molecule has 0 heterocycles. The van der Waals surface area contributed by atoms with Crippen molar-refractivity contribution in [3.05, 3.63) is 30.3 Å². The lowest BCUT2D eigenvalue weighted by Crippen LogP contribution is -2.32. The van der Waals surface area contributed by atoms with Crippen LogP contribution in [0.5, 0.6) is 0 Å². The Balaban J connectivity index is 2.81. The van der Waals surface area contributed by atoms with E-state index in [1.807, 2.05) is 0 Å². The summed E-state index contributed by atoms with van der Waals surface area (Å²) in [5.74, 6) is -1.39. The predicted molar refractivity (Wildman–Crippen MR) is 65.3 cm³/mol. The van der Waals surface area contributed by atoms with Crippen molar-refractivity contribution in [1.82, 2.24) is 0 Å². The molecule has 0 aliphatic rings. The lowest BCUT2D eigenvalue weighted by atomic mass is 10.3. The van der Waals surface area contributed by atoms with E-state index >= 15 is 0 Å². The molecule has 0 N–H and O–H groups in total. The Bertz CT molecular complexity index is 470. The first-order valence-electron chi connectivity index (χ1n) is 5.14. The van der Waals surface area contributed by atoms with Crippen LogP contribution < -0.4 is 4.31 Å². The standard InChI is InChI=1S/C11H15NO4S/c1-3-16-11(13)9-17(14,15)12(2)10-7-5-4-6-8-10/h4-8H,3,9H2,1-2H3. The average molecular weight is 257 g/mol. The number of anilines is 1. The van der Waals surface area contributed by atoms with Crippen molar-refractivity contribution in [3.8, 4) is 0 Å². The zero-order valence-corrected chi connectivity index (χ0v) is 10.6. The molecule has 0 radical (unpaired) electrons. The van der Waals surface area contributed by atoms with Crippen molar-refractivity contribution in [2.24, 2.45) is 0 Å². The summed E-state index contributed by atoms with van der Waals surface area (Å²) in [5, 5.41) is 0. The molecule has 0 saturated heterocycles.